The second-order valence-corrected chi connectivity index (χ2v) is 3.98. The highest BCUT2D eigenvalue weighted by Gasteiger charge is 2.24. The highest BCUT2D eigenvalue weighted by Crippen LogP contribution is 2.16. The second-order valence-electron chi connectivity index (χ2n) is 3.98. The number of rotatable bonds is 6. The van der Waals surface area contributed by atoms with Crippen LogP contribution in [0.3, 0.4) is 0 Å². The third-order valence-electron chi connectivity index (χ3n) is 2.39. The highest BCUT2D eigenvalue weighted by atomic mass is 16.5. The van der Waals surface area contributed by atoms with Crippen molar-refractivity contribution in [1.29, 1.82) is 0 Å². The Balaban J connectivity index is 3.86. The van der Waals surface area contributed by atoms with Crippen LogP contribution in [-0.4, -0.2) is 36.1 Å². The van der Waals surface area contributed by atoms with Gasteiger partial charge in [-0.25, -0.2) is 0 Å². The van der Waals surface area contributed by atoms with Crippen LogP contribution < -0.4 is 0 Å². The van der Waals surface area contributed by atoms with Crippen molar-refractivity contribution in [2.75, 3.05) is 13.7 Å². The van der Waals surface area contributed by atoms with Gasteiger partial charge in [0, 0.05) is 13.7 Å². The third-order valence-corrected chi connectivity index (χ3v) is 2.39. The van der Waals surface area contributed by atoms with E-state index in [4.69, 9.17) is 4.74 Å². The summed E-state index contributed by atoms with van der Waals surface area (Å²) in [5.41, 5.74) is 0. The van der Waals surface area contributed by atoms with E-state index in [9.17, 15) is 10.2 Å². The zero-order valence-corrected chi connectivity index (χ0v) is 9.03. The fourth-order valence-electron chi connectivity index (χ4n) is 1.21. The fraction of sp³-hybridized carbons (Fsp3) is 1.00. The van der Waals surface area contributed by atoms with Crippen molar-refractivity contribution in [3.05, 3.63) is 0 Å². The number of hydrogen-bond acceptors (Lipinski definition) is 3. The Kier molecular flexibility index (Phi) is 6.29. The number of ether oxygens (including phenoxy) is 1. The number of aliphatic hydroxyl groups is 2. The lowest BCUT2D eigenvalue weighted by Crippen LogP contribution is -2.36. The van der Waals surface area contributed by atoms with Crippen molar-refractivity contribution in [1.82, 2.24) is 0 Å². The Morgan fingerprint density at radius 2 is 1.62 bits per heavy atom. The van der Waals surface area contributed by atoms with Crippen molar-refractivity contribution < 1.29 is 14.9 Å². The van der Waals surface area contributed by atoms with E-state index >= 15 is 0 Å². The van der Waals surface area contributed by atoms with Gasteiger partial charge in [0.2, 0.25) is 0 Å². The minimum atomic E-state index is -0.643. The smallest absolute Gasteiger partial charge is 0.0827 e. The topological polar surface area (TPSA) is 49.7 Å². The monoisotopic (exact) mass is 190 g/mol. The molecule has 0 saturated heterocycles. The van der Waals surface area contributed by atoms with Crippen molar-refractivity contribution in [3.63, 3.8) is 0 Å². The SMILES string of the molecule is COCCC(C)C(O)C(O)C(C)C. The van der Waals surface area contributed by atoms with Gasteiger partial charge in [-0.3, -0.25) is 0 Å². The number of methoxy groups -OCH3 is 1. The molecule has 0 aliphatic rings. The molecular weight excluding hydrogens is 168 g/mol. The maximum absolute atomic E-state index is 9.68. The van der Waals surface area contributed by atoms with Gasteiger partial charge in [0.15, 0.2) is 0 Å². The molecule has 0 saturated carbocycles. The molecule has 0 rings (SSSR count). The molecule has 0 bridgehead atoms. The largest absolute Gasteiger partial charge is 0.390 e. The minimum Gasteiger partial charge on any atom is -0.390 e. The molecule has 3 heteroatoms. The summed E-state index contributed by atoms with van der Waals surface area (Å²) in [4.78, 5) is 0. The number of hydrogen-bond donors (Lipinski definition) is 2. The van der Waals surface area contributed by atoms with Crippen LogP contribution >= 0.6 is 0 Å². The van der Waals surface area contributed by atoms with Crippen LogP contribution in [0.1, 0.15) is 27.2 Å². The lowest BCUT2D eigenvalue weighted by molar-refractivity contribution is -0.0416. The van der Waals surface area contributed by atoms with Gasteiger partial charge >= 0.3 is 0 Å². The summed E-state index contributed by atoms with van der Waals surface area (Å²) < 4.78 is 4.91. The van der Waals surface area contributed by atoms with Crippen molar-refractivity contribution in [2.45, 2.75) is 39.4 Å². The molecule has 0 aromatic heterocycles. The summed E-state index contributed by atoms with van der Waals surface area (Å²) in [5, 5.41) is 19.3. The Bertz CT molecular complexity index is 125. The van der Waals surface area contributed by atoms with Gasteiger partial charge < -0.3 is 14.9 Å². The summed E-state index contributed by atoms with van der Waals surface area (Å²) in [6, 6.07) is 0. The van der Waals surface area contributed by atoms with Crippen LogP contribution in [0.25, 0.3) is 0 Å². The van der Waals surface area contributed by atoms with E-state index in [1.165, 1.54) is 0 Å². The van der Waals surface area contributed by atoms with E-state index < -0.39 is 12.2 Å². The predicted molar refractivity (Wildman–Crippen MR) is 52.5 cm³/mol. The van der Waals surface area contributed by atoms with Gasteiger partial charge in [0.1, 0.15) is 0 Å². The molecule has 3 atom stereocenters. The Labute approximate surface area is 80.7 Å². The van der Waals surface area contributed by atoms with E-state index in [-0.39, 0.29) is 11.8 Å². The molecule has 0 heterocycles. The number of aliphatic hydroxyl groups excluding tert-OH is 2. The normalized spacial score (nSPS) is 18.7. The minimum absolute atomic E-state index is 0.0809. The third kappa shape index (κ3) is 4.60. The van der Waals surface area contributed by atoms with E-state index in [0.29, 0.717) is 6.61 Å². The molecule has 3 nitrogen and oxygen atoms in total. The molecule has 13 heavy (non-hydrogen) atoms. The summed E-state index contributed by atoms with van der Waals surface area (Å²) in [7, 11) is 1.64. The molecule has 0 spiro atoms. The van der Waals surface area contributed by atoms with Crippen LogP contribution in [-0.2, 0) is 4.74 Å². The molecule has 3 unspecified atom stereocenters. The summed E-state index contributed by atoms with van der Waals surface area (Å²) in [6.07, 6.45) is -0.497. The first-order chi connectivity index (χ1) is 6.00. The van der Waals surface area contributed by atoms with Gasteiger partial charge in [-0.15, -0.1) is 0 Å². The molecule has 0 aromatic rings. The van der Waals surface area contributed by atoms with Crippen LogP contribution in [0.15, 0.2) is 0 Å². The first-order valence-corrected chi connectivity index (χ1v) is 4.85. The van der Waals surface area contributed by atoms with Gasteiger partial charge in [-0.2, -0.15) is 0 Å². The summed E-state index contributed by atoms with van der Waals surface area (Å²) in [5.74, 6) is 0.178. The van der Waals surface area contributed by atoms with Crippen LogP contribution in [0, 0.1) is 11.8 Å². The molecule has 80 valence electrons. The molecule has 0 radical (unpaired) electrons. The van der Waals surface area contributed by atoms with E-state index in [2.05, 4.69) is 0 Å². The lowest BCUT2D eigenvalue weighted by atomic mass is 9.91. The van der Waals surface area contributed by atoms with Gasteiger partial charge in [-0.05, 0) is 18.3 Å². The van der Waals surface area contributed by atoms with Crippen molar-refractivity contribution in [2.24, 2.45) is 11.8 Å². The van der Waals surface area contributed by atoms with Gasteiger partial charge in [-0.1, -0.05) is 20.8 Å². The zero-order valence-electron chi connectivity index (χ0n) is 9.03. The Hall–Kier alpha value is -0.120. The van der Waals surface area contributed by atoms with E-state index in [1.807, 2.05) is 20.8 Å². The lowest BCUT2D eigenvalue weighted by Gasteiger charge is -2.26. The van der Waals surface area contributed by atoms with Crippen LogP contribution in [0.5, 0.6) is 0 Å². The van der Waals surface area contributed by atoms with Crippen molar-refractivity contribution in [3.8, 4) is 0 Å². The first-order valence-electron chi connectivity index (χ1n) is 4.85. The molecule has 2 N–H and O–H groups in total. The molecular formula is C10H22O3. The first kappa shape index (κ1) is 12.9. The Morgan fingerprint density at radius 1 is 1.08 bits per heavy atom. The zero-order chi connectivity index (χ0) is 10.4. The predicted octanol–water partition coefficient (Wildman–Crippen LogP) is 1.04. The Morgan fingerprint density at radius 3 is 2.00 bits per heavy atom. The van der Waals surface area contributed by atoms with Crippen LogP contribution in [0.2, 0.25) is 0 Å². The fourth-order valence-corrected chi connectivity index (χ4v) is 1.21. The van der Waals surface area contributed by atoms with Crippen molar-refractivity contribution >= 4 is 0 Å². The van der Waals surface area contributed by atoms with E-state index in [0.717, 1.165) is 6.42 Å². The molecule has 0 amide bonds. The average Bonchev–Trinajstić information content (AvgIpc) is 2.11. The molecule has 0 aliphatic heterocycles. The molecule has 0 aromatic carbocycles. The highest BCUT2D eigenvalue weighted by molar-refractivity contribution is 4.75. The quantitative estimate of drug-likeness (QED) is 0.658. The molecule has 0 fully saturated rings. The second kappa shape index (κ2) is 6.35. The summed E-state index contributed by atoms with van der Waals surface area (Å²) >= 11 is 0. The van der Waals surface area contributed by atoms with E-state index in [1.54, 1.807) is 7.11 Å². The van der Waals surface area contributed by atoms with Gasteiger partial charge in [0.05, 0.1) is 12.2 Å². The van der Waals surface area contributed by atoms with Gasteiger partial charge in [0.25, 0.3) is 0 Å². The maximum atomic E-state index is 9.68. The maximum Gasteiger partial charge on any atom is 0.0827 e. The molecule has 0 aliphatic carbocycles. The average molecular weight is 190 g/mol. The standard InChI is InChI=1S/C10H22O3/c1-7(2)9(11)10(12)8(3)5-6-13-4/h7-12H,5-6H2,1-4H3. The van der Waals surface area contributed by atoms with Crippen LogP contribution in [0.4, 0.5) is 0 Å². The summed E-state index contributed by atoms with van der Waals surface area (Å²) in [6.45, 7) is 6.35.